The number of likely N-dealkylation sites (N-methyl/N-ethyl adjacent to an activating group) is 1. The van der Waals surface area contributed by atoms with Crippen LogP contribution < -0.4 is 5.32 Å². The summed E-state index contributed by atoms with van der Waals surface area (Å²) in [6.07, 6.45) is 3.94. The van der Waals surface area contributed by atoms with Crippen LogP contribution in [-0.2, 0) is 4.74 Å². The quantitative estimate of drug-likeness (QED) is 0.829. The molecule has 0 amide bonds. The summed E-state index contributed by atoms with van der Waals surface area (Å²) in [4.78, 5) is 5.06. The highest BCUT2D eigenvalue weighted by atomic mass is 16.5. The minimum absolute atomic E-state index is 0.251. The lowest BCUT2D eigenvalue weighted by Gasteiger charge is -2.44. The molecule has 0 spiro atoms. The third-order valence-electron chi connectivity index (χ3n) is 5.01. The van der Waals surface area contributed by atoms with E-state index in [0.29, 0.717) is 12.1 Å². The fourth-order valence-corrected chi connectivity index (χ4v) is 3.27. The maximum atomic E-state index is 5.76. The number of hydrogen-bond acceptors (Lipinski definition) is 4. The van der Waals surface area contributed by atoms with E-state index < -0.39 is 0 Å². The molecule has 0 aromatic rings. The fraction of sp³-hybridized carbons (Fsp3) is 1.00. The zero-order valence-corrected chi connectivity index (χ0v) is 13.8. The number of nitrogens with zero attached hydrogens (tertiary/aromatic N) is 2. The van der Waals surface area contributed by atoms with Gasteiger partial charge in [-0.2, -0.15) is 0 Å². The summed E-state index contributed by atoms with van der Waals surface area (Å²) in [5.41, 5.74) is 0.251. The van der Waals surface area contributed by atoms with Crippen molar-refractivity contribution in [3.05, 3.63) is 0 Å². The fourth-order valence-electron chi connectivity index (χ4n) is 3.27. The highest BCUT2D eigenvalue weighted by molar-refractivity contribution is 4.89. The van der Waals surface area contributed by atoms with E-state index in [9.17, 15) is 0 Å². The van der Waals surface area contributed by atoms with Crippen molar-refractivity contribution >= 4 is 0 Å². The monoisotopic (exact) mass is 283 g/mol. The Bertz CT molecular complexity index is 287. The molecule has 0 aliphatic carbocycles. The summed E-state index contributed by atoms with van der Waals surface area (Å²) in [5.74, 6) is 0. The molecule has 4 heteroatoms. The molecule has 0 radical (unpaired) electrons. The molecular weight excluding hydrogens is 250 g/mol. The Hall–Kier alpha value is -0.160. The van der Waals surface area contributed by atoms with Gasteiger partial charge in [0.05, 0.1) is 6.10 Å². The number of nitrogens with one attached hydrogen (secondary N) is 1. The van der Waals surface area contributed by atoms with Gasteiger partial charge in [0, 0.05) is 50.9 Å². The first kappa shape index (κ1) is 16.2. The van der Waals surface area contributed by atoms with Crippen LogP contribution in [0.4, 0.5) is 0 Å². The van der Waals surface area contributed by atoms with Crippen LogP contribution in [0.5, 0.6) is 0 Å². The van der Waals surface area contributed by atoms with Crippen molar-refractivity contribution in [2.75, 3.05) is 46.4 Å². The van der Waals surface area contributed by atoms with Gasteiger partial charge in [0.15, 0.2) is 0 Å². The summed E-state index contributed by atoms with van der Waals surface area (Å²) >= 11 is 0. The highest BCUT2D eigenvalue weighted by Crippen LogP contribution is 2.19. The minimum atomic E-state index is 0.251. The normalized spacial score (nSPS) is 30.6. The van der Waals surface area contributed by atoms with E-state index in [1.807, 2.05) is 0 Å². The lowest BCUT2D eigenvalue weighted by Crippen LogP contribution is -2.58. The highest BCUT2D eigenvalue weighted by Gasteiger charge is 2.30. The van der Waals surface area contributed by atoms with E-state index in [4.69, 9.17) is 4.74 Å². The molecule has 0 aromatic heterocycles. The van der Waals surface area contributed by atoms with E-state index in [0.717, 1.165) is 26.0 Å². The van der Waals surface area contributed by atoms with Crippen LogP contribution in [0.3, 0.4) is 0 Å². The Kier molecular flexibility index (Phi) is 5.84. The maximum absolute atomic E-state index is 5.76. The van der Waals surface area contributed by atoms with Gasteiger partial charge in [0.25, 0.3) is 0 Å². The summed E-state index contributed by atoms with van der Waals surface area (Å²) in [5, 5.41) is 3.80. The average Bonchev–Trinajstić information content (AvgIpc) is 2.46. The molecule has 1 N–H and O–H groups in total. The Morgan fingerprint density at radius 2 is 1.90 bits per heavy atom. The van der Waals surface area contributed by atoms with E-state index in [1.54, 1.807) is 0 Å². The molecule has 2 aliphatic heterocycles. The molecule has 2 atom stereocenters. The SMILES string of the molecule is CCC1CC(NCC(C)(C)N2CCN(C)CC2)CCO1. The Morgan fingerprint density at radius 1 is 1.20 bits per heavy atom. The first-order valence-corrected chi connectivity index (χ1v) is 8.30. The van der Waals surface area contributed by atoms with Gasteiger partial charge < -0.3 is 15.0 Å². The van der Waals surface area contributed by atoms with Gasteiger partial charge in [0.2, 0.25) is 0 Å². The second-order valence-corrected chi connectivity index (χ2v) is 7.11. The summed E-state index contributed by atoms with van der Waals surface area (Å²) in [6, 6.07) is 0.639. The maximum Gasteiger partial charge on any atom is 0.0587 e. The van der Waals surface area contributed by atoms with E-state index >= 15 is 0 Å². The average molecular weight is 283 g/mol. The van der Waals surface area contributed by atoms with Crippen molar-refractivity contribution in [1.29, 1.82) is 0 Å². The molecule has 0 bridgehead atoms. The van der Waals surface area contributed by atoms with Gasteiger partial charge in [-0.05, 0) is 40.2 Å². The molecule has 2 heterocycles. The zero-order chi connectivity index (χ0) is 14.6. The van der Waals surface area contributed by atoms with Crippen LogP contribution in [0.2, 0.25) is 0 Å². The Labute approximate surface area is 124 Å². The van der Waals surface area contributed by atoms with Crippen LogP contribution in [-0.4, -0.2) is 73.9 Å². The first-order chi connectivity index (χ1) is 9.51. The lowest BCUT2D eigenvalue weighted by atomic mass is 9.97. The molecular formula is C16H33N3O. The first-order valence-electron chi connectivity index (χ1n) is 8.30. The second-order valence-electron chi connectivity index (χ2n) is 7.11. The molecule has 2 unspecified atom stereocenters. The molecule has 2 rings (SSSR count). The number of piperazine rings is 1. The molecule has 2 fully saturated rings. The van der Waals surface area contributed by atoms with Crippen LogP contribution in [0.15, 0.2) is 0 Å². The van der Waals surface area contributed by atoms with Gasteiger partial charge in [-0.3, -0.25) is 4.90 Å². The topological polar surface area (TPSA) is 27.7 Å². The predicted molar refractivity (Wildman–Crippen MR) is 84.2 cm³/mol. The third kappa shape index (κ3) is 4.42. The van der Waals surface area contributed by atoms with Crippen LogP contribution in [0.25, 0.3) is 0 Å². The second kappa shape index (κ2) is 7.21. The predicted octanol–water partition coefficient (Wildman–Crippen LogP) is 1.56. The van der Waals surface area contributed by atoms with Crippen molar-refractivity contribution in [2.24, 2.45) is 0 Å². The number of hydrogen-bond donors (Lipinski definition) is 1. The van der Waals surface area contributed by atoms with Crippen molar-refractivity contribution in [3.8, 4) is 0 Å². The Morgan fingerprint density at radius 3 is 2.55 bits per heavy atom. The van der Waals surface area contributed by atoms with Gasteiger partial charge in [0.1, 0.15) is 0 Å². The van der Waals surface area contributed by atoms with Crippen molar-refractivity contribution < 1.29 is 4.74 Å². The van der Waals surface area contributed by atoms with E-state index in [-0.39, 0.29) is 5.54 Å². The molecule has 118 valence electrons. The number of ether oxygens (including phenoxy) is 1. The van der Waals surface area contributed by atoms with E-state index in [2.05, 4.69) is 42.9 Å². The minimum Gasteiger partial charge on any atom is -0.378 e. The van der Waals surface area contributed by atoms with Gasteiger partial charge in [-0.25, -0.2) is 0 Å². The van der Waals surface area contributed by atoms with Crippen molar-refractivity contribution in [3.63, 3.8) is 0 Å². The van der Waals surface area contributed by atoms with Crippen LogP contribution >= 0.6 is 0 Å². The standard InChI is InChI=1S/C16H33N3O/c1-5-15-12-14(6-11-20-15)17-13-16(2,3)19-9-7-18(4)8-10-19/h14-15,17H,5-13H2,1-4H3. The largest absolute Gasteiger partial charge is 0.378 e. The van der Waals surface area contributed by atoms with Crippen molar-refractivity contribution in [2.45, 2.75) is 57.7 Å². The lowest BCUT2D eigenvalue weighted by molar-refractivity contribution is -0.00457. The molecule has 0 saturated carbocycles. The zero-order valence-electron chi connectivity index (χ0n) is 13.8. The summed E-state index contributed by atoms with van der Waals surface area (Å²) in [7, 11) is 2.22. The molecule has 20 heavy (non-hydrogen) atoms. The summed E-state index contributed by atoms with van der Waals surface area (Å²) < 4.78 is 5.76. The smallest absolute Gasteiger partial charge is 0.0587 e. The van der Waals surface area contributed by atoms with Gasteiger partial charge in [-0.15, -0.1) is 0 Å². The molecule has 2 aliphatic rings. The molecule has 4 nitrogen and oxygen atoms in total. The van der Waals surface area contributed by atoms with Gasteiger partial charge >= 0.3 is 0 Å². The third-order valence-corrected chi connectivity index (χ3v) is 5.01. The summed E-state index contributed by atoms with van der Waals surface area (Å²) in [6.45, 7) is 13.7. The van der Waals surface area contributed by atoms with Crippen LogP contribution in [0.1, 0.15) is 40.0 Å². The molecule has 0 aromatic carbocycles. The van der Waals surface area contributed by atoms with Crippen LogP contribution in [0, 0.1) is 0 Å². The van der Waals surface area contributed by atoms with Gasteiger partial charge in [-0.1, -0.05) is 6.92 Å². The Balaban J connectivity index is 1.76. The van der Waals surface area contributed by atoms with E-state index in [1.165, 1.54) is 32.6 Å². The molecule has 2 saturated heterocycles. The van der Waals surface area contributed by atoms with Crippen molar-refractivity contribution in [1.82, 2.24) is 15.1 Å². The number of rotatable bonds is 5.